The number of aliphatic hydroxyl groups excluding tert-OH is 1. The van der Waals surface area contributed by atoms with Crippen LogP contribution in [-0.2, 0) is 19.1 Å². The summed E-state index contributed by atoms with van der Waals surface area (Å²) in [5, 5.41) is 22.8. The van der Waals surface area contributed by atoms with Gasteiger partial charge in [-0.05, 0) is 74.2 Å². The van der Waals surface area contributed by atoms with Gasteiger partial charge < -0.3 is 19.7 Å². The highest BCUT2D eigenvalue weighted by Gasteiger charge is 2.62. The second kappa shape index (κ2) is 8.23. The lowest BCUT2D eigenvalue weighted by Gasteiger charge is -2.54. The van der Waals surface area contributed by atoms with Crippen molar-refractivity contribution in [2.45, 2.75) is 91.1 Å². The number of carbonyl (C=O) groups is 2. The van der Waals surface area contributed by atoms with Crippen LogP contribution in [0.5, 0.6) is 0 Å². The summed E-state index contributed by atoms with van der Waals surface area (Å²) in [7, 11) is 0. The number of esters is 2. The first-order valence-corrected chi connectivity index (χ1v) is 12.4. The van der Waals surface area contributed by atoms with Gasteiger partial charge in [0.2, 0.25) is 0 Å². The molecular formula is C27H40O6. The topological polar surface area (TPSA) is 93.1 Å². The molecule has 0 aromatic heterocycles. The SMILES string of the molecule is C=C1C2CC3C(C(C)C)C(OC(C)=O)CC3(C)CC2/C(C)=C\CC2C(C)OC(=O)C(O)C12O. The van der Waals surface area contributed by atoms with E-state index < -0.39 is 29.7 Å². The minimum absolute atomic E-state index is 0.00419. The zero-order valence-corrected chi connectivity index (χ0v) is 20.8. The van der Waals surface area contributed by atoms with Crippen LogP contribution in [0.25, 0.3) is 0 Å². The Labute approximate surface area is 197 Å². The van der Waals surface area contributed by atoms with E-state index in [0.29, 0.717) is 23.8 Å². The van der Waals surface area contributed by atoms with Crippen molar-refractivity contribution in [3.63, 3.8) is 0 Å². The van der Waals surface area contributed by atoms with Gasteiger partial charge in [0.1, 0.15) is 17.8 Å². The van der Waals surface area contributed by atoms with Gasteiger partial charge >= 0.3 is 11.9 Å². The zero-order valence-electron chi connectivity index (χ0n) is 20.8. The highest BCUT2D eigenvalue weighted by Crippen LogP contribution is 2.63. The molecule has 1 saturated heterocycles. The summed E-state index contributed by atoms with van der Waals surface area (Å²) in [5.41, 5.74) is 0.105. The molecule has 6 nitrogen and oxygen atoms in total. The lowest BCUT2D eigenvalue weighted by molar-refractivity contribution is -0.209. The van der Waals surface area contributed by atoms with E-state index in [9.17, 15) is 19.8 Å². The van der Waals surface area contributed by atoms with Gasteiger partial charge in [0.15, 0.2) is 6.10 Å². The lowest BCUT2D eigenvalue weighted by atomic mass is 9.53. The summed E-state index contributed by atoms with van der Waals surface area (Å²) >= 11 is 0. The predicted octanol–water partition coefficient (Wildman–Crippen LogP) is 3.80. The van der Waals surface area contributed by atoms with E-state index in [1.165, 1.54) is 12.5 Å². The highest BCUT2D eigenvalue weighted by atomic mass is 16.6. The average molecular weight is 461 g/mol. The number of fused-ring (bicyclic) bond motifs is 3. The van der Waals surface area contributed by atoms with Crippen molar-refractivity contribution in [3.05, 3.63) is 23.8 Å². The zero-order chi connectivity index (χ0) is 24.5. The molecule has 0 aromatic carbocycles. The maximum atomic E-state index is 12.4. The third kappa shape index (κ3) is 3.68. The van der Waals surface area contributed by atoms with E-state index in [4.69, 9.17) is 9.47 Å². The maximum Gasteiger partial charge on any atom is 0.338 e. The number of rotatable bonds is 2. The molecule has 3 fully saturated rings. The van der Waals surface area contributed by atoms with Gasteiger partial charge in [0, 0.05) is 18.8 Å². The van der Waals surface area contributed by atoms with Crippen molar-refractivity contribution < 1.29 is 29.3 Å². The number of ether oxygens (including phenoxy) is 2. The first-order chi connectivity index (χ1) is 15.3. The summed E-state index contributed by atoms with van der Waals surface area (Å²) in [6, 6.07) is 0. The molecule has 6 heteroatoms. The molecule has 0 radical (unpaired) electrons. The second-order valence-electron chi connectivity index (χ2n) is 11.8. The summed E-state index contributed by atoms with van der Waals surface area (Å²) < 4.78 is 11.2. The molecule has 33 heavy (non-hydrogen) atoms. The van der Waals surface area contributed by atoms with Crippen LogP contribution in [0.15, 0.2) is 23.8 Å². The van der Waals surface area contributed by atoms with Crippen molar-refractivity contribution in [3.8, 4) is 0 Å². The first-order valence-electron chi connectivity index (χ1n) is 12.4. The molecule has 10 unspecified atom stereocenters. The molecule has 3 aliphatic carbocycles. The van der Waals surface area contributed by atoms with E-state index in [1.54, 1.807) is 6.92 Å². The van der Waals surface area contributed by atoms with Gasteiger partial charge in [-0.25, -0.2) is 4.79 Å². The van der Waals surface area contributed by atoms with E-state index >= 15 is 0 Å². The Morgan fingerprint density at radius 2 is 1.94 bits per heavy atom. The molecule has 2 saturated carbocycles. The van der Waals surface area contributed by atoms with Crippen LogP contribution < -0.4 is 0 Å². The summed E-state index contributed by atoms with van der Waals surface area (Å²) in [6.07, 6.45) is 2.93. The molecule has 4 rings (SSSR count). The largest absolute Gasteiger partial charge is 0.462 e. The Kier molecular flexibility index (Phi) is 6.10. The number of hydrogen-bond acceptors (Lipinski definition) is 6. The molecule has 1 heterocycles. The molecule has 10 atom stereocenters. The maximum absolute atomic E-state index is 12.4. The van der Waals surface area contributed by atoms with Crippen molar-refractivity contribution in [1.82, 2.24) is 0 Å². The van der Waals surface area contributed by atoms with E-state index in [2.05, 4.69) is 40.3 Å². The molecule has 4 aliphatic rings. The number of aliphatic hydroxyl groups is 2. The molecule has 0 spiro atoms. The van der Waals surface area contributed by atoms with Gasteiger partial charge in [-0.3, -0.25) is 4.79 Å². The van der Waals surface area contributed by atoms with Crippen molar-refractivity contribution >= 4 is 11.9 Å². The minimum Gasteiger partial charge on any atom is -0.462 e. The van der Waals surface area contributed by atoms with Crippen LogP contribution in [0.4, 0.5) is 0 Å². The summed E-state index contributed by atoms with van der Waals surface area (Å²) in [4.78, 5) is 24.3. The van der Waals surface area contributed by atoms with Gasteiger partial charge in [-0.2, -0.15) is 0 Å². The smallest absolute Gasteiger partial charge is 0.338 e. The standard InChI is InChI=1S/C27H40O6/c1-13(2)23-21-10-18-15(4)27(31)20(16(5)32-25(30)24(27)29)9-8-14(3)19(18)11-26(21,7)12-22(23)33-17(6)28/h8,13,16,18-24,29,31H,4,9-12H2,1-3,5-7H3/b14-8-. The Hall–Kier alpha value is -1.66. The van der Waals surface area contributed by atoms with Gasteiger partial charge in [-0.1, -0.05) is 39.0 Å². The number of allylic oxidation sites excluding steroid dienone is 2. The van der Waals surface area contributed by atoms with Gasteiger partial charge in [-0.15, -0.1) is 0 Å². The van der Waals surface area contributed by atoms with E-state index in [0.717, 1.165) is 19.3 Å². The highest BCUT2D eigenvalue weighted by molar-refractivity contribution is 5.78. The Bertz CT molecular complexity index is 876. The molecular weight excluding hydrogens is 420 g/mol. The molecule has 1 aliphatic heterocycles. The fraction of sp³-hybridized carbons (Fsp3) is 0.778. The molecule has 0 amide bonds. The number of cyclic esters (lactones) is 1. The fourth-order valence-corrected chi connectivity index (χ4v) is 7.94. The second-order valence-corrected chi connectivity index (χ2v) is 11.8. The third-order valence-corrected chi connectivity index (χ3v) is 9.54. The van der Waals surface area contributed by atoms with Crippen LogP contribution in [0, 0.1) is 40.9 Å². The number of hydrogen-bond donors (Lipinski definition) is 2. The third-order valence-electron chi connectivity index (χ3n) is 9.54. The van der Waals surface area contributed by atoms with Crippen LogP contribution in [0.1, 0.15) is 67.2 Å². The predicted molar refractivity (Wildman–Crippen MR) is 124 cm³/mol. The normalized spacial score (nSPS) is 49.1. The molecule has 0 bridgehead atoms. The van der Waals surface area contributed by atoms with Crippen LogP contribution >= 0.6 is 0 Å². The Morgan fingerprint density at radius 3 is 2.55 bits per heavy atom. The van der Waals surface area contributed by atoms with Crippen molar-refractivity contribution in [2.24, 2.45) is 40.9 Å². The quantitative estimate of drug-likeness (QED) is 0.481. The van der Waals surface area contributed by atoms with E-state index in [1.807, 2.05) is 0 Å². The van der Waals surface area contributed by atoms with Crippen molar-refractivity contribution in [2.75, 3.05) is 0 Å². The first kappa shape index (κ1) is 24.5. The molecule has 184 valence electrons. The van der Waals surface area contributed by atoms with Gasteiger partial charge in [0.25, 0.3) is 0 Å². The monoisotopic (exact) mass is 460 g/mol. The minimum atomic E-state index is -1.72. The van der Waals surface area contributed by atoms with E-state index in [-0.39, 0.29) is 35.2 Å². The summed E-state index contributed by atoms with van der Waals surface area (Å²) in [5.74, 6) is -0.536. The van der Waals surface area contributed by atoms with Gasteiger partial charge in [0.05, 0.1) is 0 Å². The van der Waals surface area contributed by atoms with Crippen LogP contribution in [-0.4, -0.2) is 46.1 Å². The summed E-state index contributed by atoms with van der Waals surface area (Å²) in [6.45, 7) is 16.4. The lowest BCUT2D eigenvalue weighted by Crippen LogP contribution is -2.63. The van der Waals surface area contributed by atoms with Crippen LogP contribution in [0.3, 0.4) is 0 Å². The number of carbonyl (C=O) groups excluding carboxylic acids is 2. The molecule has 0 aromatic rings. The van der Waals surface area contributed by atoms with Crippen molar-refractivity contribution in [1.29, 1.82) is 0 Å². The average Bonchev–Trinajstić information content (AvgIpc) is 2.99. The Balaban J connectivity index is 1.76. The molecule has 2 N–H and O–H groups in total. The fourth-order valence-electron chi connectivity index (χ4n) is 7.94. The van der Waals surface area contributed by atoms with Crippen LogP contribution in [0.2, 0.25) is 0 Å². The Morgan fingerprint density at radius 1 is 1.27 bits per heavy atom.